The number of aromatic nitrogens is 2. The molecule has 4 nitrogen and oxygen atoms in total. The van der Waals surface area contributed by atoms with Gasteiger partial charge in [0.1, 0.15) is 11.6 Å². The van der Waals surface area contributed by atoms with Gasteiger partial charge < -0.3 is 10.1 Å². The SMILES string of the molecule is COc1ccccc1C1CC(C(F)(F)F)n2nc[c]c2N1. The van der Waals surface area contributed by atoms with E-state index < -0.39 is 18.3 Å². The Kier molecular flexibility index (Phi) is 3.27. The molecule has 0 fully saturated rings. The first-order chi connectivity index (χ1) is 10.0. The van der Waals surface area contributed by atoms with Crippen LogP contribution in [0.3, 0.4) is 0 Å². The van der Waals surface area contributed by atoms with Crippen molar-refractivity contribution in [2.75, 3.05) is 12.4 Å². The number of fused-ring (bicyclic) bond motifs is 1. The first-order valence-corrected chi connectivity index (χ1v) is 6.42. The molecule has 3 rings (SSSR count). The molecule has 111 valence electrons. The highest BCUT2D eigenvalue weighted by Crippen LogP contribution is 2.44. The molecule has 1 aromatic heterocycles. The van der Waals surface area contributed by atoms with Crippen LogP contribution in [-0.4, -0.2) is 23.1 Å². The first kappa shape index (κ1) is 13.8. The highest BCUT2D eigenvalue weighted by atomic mass is 19.4. The molecule has 0 aliphatic carbocycles. The molecule has 1 aliphatic rings. The normalized spacial score (nSPS) is 21.5. The van der Waals surface area contributed by atoms with E-state index in [1.165, 1.54) is 13.3 Å². The fourth-order valence-electron chi connectivity index (χ4n) is 2.60. The third-order valence-corrected chi connectivity index (χ3v) is 3.57. The third-order valence-electron chi connectivity index (χ3n) is 3.57. The zero-order valence-corrected chi connectivity index (χ0v) is 11.2. The summed E-state index contributed by atoms with van der Waals surface area (Å²) in [5.41, 5.74) is 0.690. The molecule has 2 atom stereocenters. The number of nitrogens with one attached hydrogen (secondary N) is 1. The number of nitrogens with zero attached hydrogens (tertiary/aromatic N) is 2. The maximum atomic E-state index is 13.2. The van der Waals surface area contributed by atoms with Crippen LogP contribution in [0.2, 0.25) is 0 Å². The second-order valence-electron chi connectivity index (χ2n) is 4.81. The summed E-state index contributed by atoms with van der Waals surface area (Å²) in [6.45, 7) is 0. The highest BCUT2D eigenvalue weighted by molar-refractivity contribution is 5.45. The average molecular weight is 296 g/mol. The van der Waals surface area contributed by atoms with E-state index in [1.54, 1.807) is 24.3 Å². The smallest absolute Gasteiger partial charge is 0.410 e. The van der Waals surface area contributed by atoms with Crippen LogP contribution in [0.5, 0.6) is 5.75 Å². The highest BCUT2D eigenvalue weighted by Gasteiger charge is 2.46. The van der Waals surface area contributed by atoms with Crippen molar-refractivity contribution in [1.82, 2.24) is 9.78 Å². The Hall–Kier alpha value is -2.18. The van der Waals surface area contributed by atoms with E-state index in [1.807, 2.05) is 0 Å². The maximum Gasteiger partial charge on any atom is 0.410 e. The standard InChI is InChI=1S/C14H13F3N3O/c1-21-11-5-3-2-4-9(11)10-8-12(14(15,16)17)20-13(19-10)6-7-18-20/h2-5,7,10,12,19H,8H2,1H3. The van der Waals surface area contributed by atoms with Crippen molar-refractivity contribution in [2.24, 2.45) is 0 Å². The molecule has 21 heavy (non-hydrogen) atoms. The summed E-state index contributed by atoms with van der Waals surface area (Å²) in [7, 11) is 1.50. The van der Waals surface area contributed by atoms with Gasteiger partial charge in [0.15, 0.2) is 6.04 Å². The number of benzene rings is 1. The number of anilines is 1. The van der Waals surface area contributed by atoms with Gasteiger partial charge in [-0.1, -0.05) is 18.2 Å². The summed E-state index contributed by atoms with van der Waals surface area (Å²) in [5.74, 6) is 0.795. The van der Waals surface area contributed by atoms with Crippen molar-refractivity contribution in [3.63, 3.8) is 0 Å². The number of para-hydroxylation sites is 1. The molecule has 2 heterocycles. The zero-order chi connectivity index (χ0) is 15.0. The van der Waals surface area contributed by atoms with Gasteiger partial charge in [-0.15, -0.1) is 0 Å². The van der Waals surface area contributed by atoms with Crippen LogP contribution in [0, 0.1) is 6.07 Å². The summed E-state index contributed by atoms with van der Waals surface area (Å²) in [6, 6.07) is 7.57. The molecular formula is C14H13F3N3O. The van der Waals surface area contributed by atoms with Crippen molar-refractivity contribution in [1.29, 1.82) is 0 Å². The Morgan fingerprint density at radius 2 is 2.14 bits per heavy atom. The van der Waals surface area contributed by atoms with Crippen molar-refractivity contribution in [3.8, 4) is 5.75 Å². The number of hydrogen-bond acceptors (Lipinski definition) is 3. The Morgan fingerprint density at radius 1 is 1.38 bits per heavy atom. The van der Waals surface area contributed by atoms with Crippen molar-refractivity contribution in [3.05, 3.63) is 42.1 Å². The van der Waals surface area contributed by atoms with Crippen molar-refractivity contribution >= 4 is 5.82 Å². The van der Waals surface area contributed by atoms with Gasteiger partial charge in [-0.25, -0.2) is 4.68 Å². The van der Waals surface area contributed by atoms with Gasteiger partial charge in [0, 0.05) is 18.1 Å². The second kappa shape index (κ2) is 4.98. The maximum absolute atomic E-state index is 13.2. The molecule has 0 bridgehead atoms. The van der Waals surface area contributed by atoms with E-state index in [9.17, 15) is 13.2 Å². The van der Waals surface area contributed by atoms with Crippen LogP contribution in [0.25, 0.3) is 0 Å². The fourth-order valence-corrected chi connectivity index (χ4v) is 2.60. The minimum Gasteiger partial charge on any atom is -0.496 e. The van der Waals surface area contributed by atoms with E-state index in [0.717, 1.165) is 4.68 Å². The molecular weight excluding hydrogens is 283 g/mol. The predicted octanol–water partition coefficient (Wildman–Crippen LogP) is 3.35. The number of hydrogen-bond donors (Lipinski definition) is 1. The molecule has 1 radical (unpaired) electrons. The lowest BCUT2D eigenvalue weighted by atomic mass is 9.96. The van der Waals surface area contributed by atoms with Crippen LogP contribution < -0.4 is 10.1 Å². The Balaban J connectivity index is 2.00. The van der Waals surface area contributed by atoms with Crippen LogP contribution in [0.1, 0.15) is 24.1 Å². The van der Waals surface area contributed by atoms with Gasteiger partial charge in [0.2, 0.25) is 0 Å². The second-order valence-corrected chi connectivity index (χ2v) is 4.81. The summed E-state index contributed by atoms with van der Waals surface area (Å²) >= 11 is 0. The van der Waals surface area contributed by atoms with Gasteiger partial charge in [-0.05, 0) is 6.07 Å². The Bertz CT molecular complexity index is 638. The van der Waals surface area contributed by atoms with Gasteiger partial charge in [-0.2, -0.15) is 18.3 Å². The molecule has 0 saturated carbocycles. The minimum absolute atomic E-state index is 0.146. The van der Waals surface area contributed by atoms with Crippen LogP contribution in [0.15, 0.2) is 30.5 Å². The molecule has 2 aromatic rings. The van der Waals surface area contributed by atoms with Crippen LogP contribution in [-0.2, 0) is 0 Å². The van der Waals surface area contributed by atoms with Crippen LogP contribution in [0.4, 0.5) is 19.0 Å². The zero-order valence-electron chi connectivity index (χ0n) is 11.2. The minimum atomic E-state index is -4.36. The number of methoxy groups -OCH3 is 1. The summed E-state index contributed by atoms with van der Waals surface area (Å²) < 4.78 is 45.9. The van der Waals surface area contributed by atoms with Crippen molar-refractivity contribution in [2.45, 2.75) is 24.7 Å². The summed E-state index contributed by atoms with van der Waals surface area (Å²) in [6.07, 6.45) is -3.27. The largest absolute Gasteiger partial charge is 0.496 e. The number of alkyl halides is 3. The first-order valence-electron chi connectivity index (χ1n) is 6.42. The van der Waals surface area contributed by atoms with Gasteiger partial charge in [-0.3, -0.25) is 0 Å². The average Bonchev–Trinajstić information content (AvgIpc) is 2.93. The van der Waals surface area contributed by atoms with E-state index >= 15 is 0 Å². The lowest BCUT2D eigenvalue weighted by Crippen LogP contribution is -2.35. The third kappa shape index (κ3) is 2.43. The topological polar surface area (TPSA) is 39.1 Å². The lowest BCUT2D eigenvalue weighted by molar-refractivity contribution is -0.173. The quantitative estimate of drug-likeness (QED) is 0.923. The van der Waals surface area contributed by atoms with Gasteiger partial charge >= 0.3 is 6.18 Å². The Labute approximate surface area is 119 Å². The number of rotatable bonds is 2. The Morgan fingerprint density at radius 3 is 2.86 bits per heavy atom. The van der Waals surface area contributed by atoms with Crippen molar-refractivity contribution < 1.29 is 17.9 Å². The molecule has 0 saturated heterocycles. The molecule has 0 spiro atoms. The predicted molar refractivity (Wildman–Crippen MR) is 70.1 cm³/mol. The molecule has 0 amide bonds. The summed E-state index contributed by atoms with van der Waals surface area (Å²) in [4.78, 5) is 0. The number of halogens is 3. The molecule has 1 N–H and O–H groups in total. The van der Waals surface area contributed by atoms with Crippen LogP contribution >= 0.6 is 0 Å². The van der Waals surface area contributed by atoms with Gasteiger partial charge in [0.05, 0.1) is 19.3 Å². The summed E-state index contributed by atoms with van der Waals surface area (Å²) in [5, 5.41) is 6.76. The monoisotopic (exact) mass is 296 g/mol. The van der Waals surface area contributed by atoms with E-state index in [-0.39, 0.29) is 12.2 Å². The molecule has 7 heteroatoms. The van der Waals surface area contributed by atoms with E-state index in [4.69, 9.17) is 4.74 Å². The van der Waals surface area contributed by atoms with Gasteiger partial charge in [0.25, 0.3) is 0 Å². The van der Waals surface area contributed by atoms with E-state index in [2.05, 4.69) is 16.5 Å². The lowest BCUT2D eigenvalue weighted by Gasteiger charge is -2.33. The molecule has 1 aromatic carbocycles. The fraction of sp³-hybridized carbons (Fsp3) is 0.357. The molecule has 1 aliphatic heterocycles. The van der Waals surface area contributed by atoms with E-state index in [0.29, 0.717) is 11.3 Å². The molecule has 2 unspecified atom stereocenters. The number of ether oxygens (including phenoxy) is 1.